The number of nitrogens with one attached hydrogen (secondary N) is 1. The van der Waals surface area contributed by atoms with Crippen LogP contribution in [0.4, 0.5) is 5.69 Å². The fourth-order valence-electron chi connectivity index (χ4n) is 4.18. The van der Waals surface area contributed by atoms with Crippen LogP contribution in [0.25, 0.3) is 0 Å². The summed E-state index contributed by atoms with van der Waals surface area (Å²) in [4.78, 5) is 14.6. The van der Waals surface area contributed by atoms with Crippen molar-refractivity contribution in [2.45, 2.75) is 64.7 Å². The first-order chi connectivity index (χ1) is 22.2. The summed E-state index contributed by atoms with van der Waals surface area (Å²) in [6.45, 7) is 11.1. The Kier molecular flexibility index (Phi) is 31.6. The van der Waals surface area contributed by atoms with Gasteiger partial charge in [0.1, 0.15) is 12.4 Å². The molecule has 0 heterocycles. The van der Waals surface area contributed by atoms with Crippen LogP contribution in [0, 0.1) is 0 Å². The number of hydrogen-bond acceptors (Lipinski definition) is 9. The van der Waals surface area contributed by atoms with Crippen molar-refractivity contribution in [2.75, 3.05) is 107 Å². The molecule has 0 aromatic heterocycles. The lowest BCUT2D eigenvalue weighted by atomic mass is 10.2. The van der Waals surface area contributed by atoms with Crippen molar-refractivity contribution in [3.05, 3.63) is 24.3 Å². The second-order valence-corrected chi connectivity index (χ2v) is 12.1. The van der Waals surface area contributed by atoms with Crippen LogP contribution in [0.2, 0.25) is 0 Å². The quantitative estimate of drug-likeness (QED) is 0.0351. The number of carbonyl (C=O) groups is 1. The number of unbranched alkanes of at least 4 members (excludes halogenated alkanes) is 6. The number of anilines is 1. The molecule has 0 saturated heterocycles. The van der Waals surface area contributed by atoms with E-state index in [0.717, 1.165) is 54.7 Å². The van der Waals surface area contributed by atoms with Gasteiger partial charge in [0.15, 0.2) is 0 Å². The van der Waals surface area contributed by atoms with Crippen LogP contribution in [0.3, 0.4) is 0 Å². The second-order valence-electron chi connectivity index (χ2n) is 10.4. The molecule has 45 heavy (non-hydrogen) atoms. The highest BCUT2D eigenvalue weighted by molar-refractivity contribution is 14.1. The minimum Gasteiger partial charge on any atom is -0.491 e. The lowest BCUT2D eigenvalue weighted by Gasteiger charge is -2.22. The van der Waals surface area contributed by atoms with Crippen LogP contribution in [-0.2, 0) is 33.2 Å². The third-order valence-corrected chi connectivity index (χ3v) is 7.84. The number of nitrogens with zero attached hydrogens (tertiary/aromatic N) is 1. The van der Waals surface area contributed by atoms with Crippen LogP contribution in [0.5, 0.6) is 5.75 Å². The number of hydrogen-bond donors (Lipinski definition) is 1. The summed E-state index contributed by atoms with van der Waals surface area (Å²) in [6, 6.07) is 7.78. The maximum atomic E-state index is 12.7. The molecule has 262 valence electrons. The minimum atomic E-state index is 0.194. The van der Waals surface area contributed by atoms with Gasteiger partial charge < -0.3 is 41.6 Å². The van der Waals surface area contributed by atoms with E-state index in [0.29, 0.717) is 92.2 Å². The highest BCUT2D eigenvalue weighted by atomic mass is 127. The second kappa shape index (κ2) is 33.4. The predicted octanol–water partition coefficient (Wildman–Crippen LogP) is 6.72. The van der Waals surface area contributed by atoms with E-state index in [1.165, 1.54) is 25.7 Å². The lowest BCUT2D eigenvalue weighted by Crippen LogP contribution is -2.35. The van der Waals surface area contributed by atoms with Crippen LogP contribution in [0.15, 0.2) is 24.3 Å². The molecule has 0 unspecified atom stereocenters. The molecule has 0 spiro atoms. The van der Waals surface area contributed by atoms with Gasteiger partial charge in [0.2, 0.25) is 5.91 Å². The van der Waals surface area contributed by atoms with Gasteiger partial charge in [-0.05, 0) is 43.5 Å². The van der Waals surface area contributed by atoms with Crippen LogP contribution < -0.4 is 8.27 Å². The first kappa shape index (κ1) is 42.5. The molecule has 1 rings (SSSR count). The topological polar surface area (TPSA) is 97.0 Å². The van der Waals surface area contributed by atoms with Crippen molar-refractivity contribution in [1.29, 1.82) is 0 Å². The van der Waals surface area contributed by atoms with Gasteiger partial charge in [0.25, 0.3) is 0 Å². The van der Waals surface area contributed by atoms with Crippen LogP contribution in [0.1, 0.15) is 64.7 Å². The molecule has 1 amide bonds. The van der Waals surface area contributed by atoms with Gasteiger partial charge in [-0.15, -0.1) is 0 Å². The first-order valence-electron chi connectivity index (χ1n) is 16.6. The Morgan fingerprint density at radius 2 is 1.11 bits per heavy atom. The average molecular weight is 865 g/mol. The molecule has 1 aromatic rings. The van der Waals surface area contributed by atoms with Gasteiger partial charge in [-0.3, -0.25) is 4.79 Å². The maximum absolute atomic E-state index is 12.7. The molecule has 0 fully saturated rings. The summed E-state index contributed by atoms with van der Waals surface area (Å²) in [5.74, 6) is 1.01. The Labute approximate surface area is 299 Å². The zero-order chi connectivity index (χ0) is 32.5. The predicted molar refractivity (Wildman–Crippen MR) is 197 cm³/mol. The maximum Gasteiger partial charge on any atom is 0.222 e. The van der Waals surface area contributed by atoms with E-state index in [2.05, 4.69) is 55.9 Å². The highest BCUT2D eigenvalue weighted by Gasteiger charge is 2.12. The summed E-state index contributed by atoms with van der Waals surface area (Å²) >= 11 is 4.40. The van der Waals surface area contributed by atoms with Crippen molar-refractivity contribution in [1.82, 2.24) is 4.90 Å². The number of rotatable bonds is 34. The summed E-state index contributed by atoms with van der Waals surface area (Å²) in [5, 5.41) is 0. The fraction of sp³-hybridized carbons (Fsp3) is 0.788. The molecule has 12 heteroatoms. The molecule has 0 atom stereocenters. The number of alkyl halides is 1. The fourth-order valence-corrected chi connectivity index (χ4v) is 5.12. The van der Waals surface area contributed by atoms with Gasteiger partial charge in [-0.2, -0.15) is 0 Å². The highest BCUT2D eigenvalue weighted by Crippen LogP contribution is 2.16. The van der Waals surface area contributed by atoms with Gasteiger partial charge in [-0.25, -0.2) is 0 Å². The van der Waals surface area contributed by atoms with Crippen molar-refractivity contribution < 1.29 is 38.0 Å². The largest absolute Gasteiger partial charge is 0.491 e. The van der Waals surface area contributed by atoms with Gasteiger partial charge in [0.05, 0.1) is 88.9 Å². The number of halogens is 2. The van der Waals surface area contributed by atoms with Gasteiger partial charge in [-0.1, -0.05) is 61.6 Å². The van der Waals surface area contributed by atoms with E-state index in [9.17, 15) is 4.79 Å². The zero-order valence-corrected chi connectivity index (χ0v) is 31.8. The van der Waals surface area contributed by atoms with E-state index in [4.69, 9.17) is 33.2 Å². The average Bonchev–Trinajstić information content (AvgIpc) is 3.06. The standard InChI is InChI=1S/C33H58I2N2O8/c1-2-3-4-5-8-18-39-21-24-42-25-22-40-19-9-6-7-10-33(38)37(16-15-34)17-20-41-23-26-43-27-28-44-29-30-45-32-13-11-31(36-35)12-14-32/h11-14,36H,2-10,15-30H2,1H3. The molecule has 0 bridgehead atoms. The third-order valence-electron chi connectivity index (χ3n) is 6.73. The Bertz CT molecular complexity index is 780. The molecule has 0 aliphatic carbocycles. The SMILES string of the molecule is CCCCCCCOCCOCCOCCCCCC(=O)N(CCI)CCOCCOCCOCCOc1ccc(NI)cc1. The van der Waals surface area contributed by atoms with Crippen molar-refractivity contribution in [2.24, 2.45) is 0 Å². The number of ether oxygens (including phenoxy) is 7. The van der Waals surface area contributed by atoms with E-state index in [1.807, 2.05) is 29.2 Å². The molecule has 0 saturated carbocycles. The molecular weight excluding hydrogens is 806 g/mol. The third kappa shape index (κ3) is 27.2. The Balaban J connectivity index is 1.87. The summed E-state index contributed by atoms with van der Waals surface area (Å²) in [7, 11) is 0. The monoisotopic (exact) mass is 864 g/mol. The molecule has 10 nitrogen and oxygen atoms in total. The van der Waals surface area contributed by atoms with Crippen molar-refractivity contribution in [3.8, 4) is 5.75 Å². The zero-order valence-electron chi connectivity index (χ0n) is 27.5. The number of carbonyl (C=O) groups excluding carboxylic acids is 1. The van der Waals surface area contributed by atoms with Crippen molar-refractivity contribution >= 4 is 57.1 Å². The molecule has 0 aliphatic rings. The molecule has 1 N–H and O–H groups in total. The van der Waals surface area contributed by atoms with Crippen LogP contribution >= 0.6 is 45.5 Å². The Morgan fingerprint density at radius 3 is 1.64 bits per heavy atom. The van der Waals surface area contributed by atoms with E-state index in [1.54, 1.807) is 0 Å². The van der Waals surface area contributed by atoms with Crippen molar-refractivity contribution in [3.63, 3.8) is 0 Å². The smallest absolute Gasteiger partial charge is 0.222 e. The van der Waals surface area contributed by atoms with E-state index in [-0.39, 0.29) is 5.91 Å². The minimum absolute atomic E-state index is 0.194. The van der Waals surface area contributed by atoms with E-state index >= 15 is 0 Å². The normalized spacial score (nSPS) is 11.2. The van der Waals surface area contributed by atoms with E-state index < -0.39 is 0 Å². The Morgan fingerprint density at radius 1 is 0.622 bits per heavy atom. The summed E-state index contributed by atoms with van der Waals surface area (Å²) < 4.78 is 43.2. The first-order valence-corrected chi connectivity index (χ1v) is 19.2. The Hall–Kier alpha value is -0.490. The molecular formula is C33H58I2N2O8. The summed E-state index contributed by atoms with van der Waals surface area (Å²) in [5.41, 5.74) is 1.04. The lowest BCUT2D eigenvalue weighted by molar-refractivity contribution is -0.131. The number of amides is 1. The molecule has 1 aromatic carbocycles. The molecule has 0 aliphatic heterocycles. The van der Waals surface area contributed by atoms with Gasteiger partial charge in [0, 0.05) is 42.8 Å². The number of benzene rings is 1. The molecule has 0 radical (unpaired) electrons. The van der Waals surface area contributed by atoms with Gasteiger partial charge >= 0.3 is 0 Å². The summed E-state index contributed by atoms with van der Waals surface area (Å²) in [6.07, 6.45) is 9.65. The van der Waals surface area contributed by atoms with Crippen LogP contribution in [-0.4, -0.2) is 114 Å².